The van der Waals surface area contributed by atoms with E-state index < -0.39 is 29.5 Å². The maximum Gasteiger partial charge on any atom is 0.190 e. The number of hydrogen-bond donors (Lipinski definition) is 3. The zero-order valence-electron chi connectivity index (χ0n) is 16.3. The molecule has 0 aliphatic heterocycles. The van der Waals surface area contributed by atoms with Gasteiger partial charge in [0.2, 0.25) is 0 Å². The second-order valence-electron chi connectivity index (χ2n) is 9.70. The maximum atomic E-state index is 12.6. The summed E-state index contributed by atoms with van der Waals surface area (Å²) in [7, 11) is 0. The van der Waals surface area contributed by atoms with Gasteiger partial charge in [-0.25, -0.2) is 0 Å². The molecule has 5 heteroatoms. The second-order valence-corrected chi connectivity index (χ2v) is 9.70. The molecule has 0 aromatic rings. The molecule has 4 aliphatic rings. The number of aliphatic hydroxyl groups excluding tert-OH is 2. The number of hydrogen-bond acceptors (Lipinski definition) is 5. The molecule has 0 bridgehead atoms. The van der Waals surface area contributed by atoms with Crippen molar-refractivity contribution in [3.05, 3.63) is 23.8 Å². The molecule has 5 nitrogen and oxygen atoms in total. The van der Waals surface area contributed by atoms with E-state index in [1.165, 1.54) is 0 Å². The fourth-order valence-corrected chi connectivity index (χ4v) is 7.37. The summed E-state index contributed by atoms with van der Waals surface area (Å²) in [5, 5.41) is 32.1. The highest BCUT2D eigenvalue weighted by molar-refractivity contribution is 6.01. The number of carbonyl (C=O) groups excluding carboxylic acids is 2. The Kier molecular flexibility index (Phi) is 4.12. The molecule has 0 aromatic heterocycles. The van der Waals surface area contributed by atoms with E-state index >= 15 is 0 Å². The lowest BCUT2D eigenvalue weighted by atomic mass is 9.46. The first-order valence-corrected chi connectivity index (χ1v) is 10.1. The lowest BCUT2D eigenvalue weighted by Gasteiger charge is -2.59. The van der Waals surface area contributed by atoms with Crippen LogP contribution in [-0.4, -0.2) is 45.2 Å². The summed E-state index contributed by atoms with van der Waals surface area (Å²) in [5.41, 5.74) is -1.62. The van der Waals surface area contributed by atoms with Gasteiger partial charge in [-0.2, -0.15) is 0 Å². The Balaban J connectivity index is 1.78. The van der Waals surface area contributed by atoms with E-state index in [0.29, 0.717) is 12.8 Å². The Morgan fingerprint density at radius 3 is 2.70 bits per heavy atom. The molecule has 0 heterocycles. The van der Waals surface area contributed by atoms with E-state index in [1.807, 2.05) is 19.9 Å². The fourth-order valence-electron chi connectivity index (χ4n) is 7.37. The molecular formula is C22H30O5. The number of aliphatic hydroxyl groups is 3. The van der Waals surface area contributed by atoms with Gasteiger partial charge < -0.3 is 15.3 Å². The van der Waals surface area contributed by atoms with Gasteiger partial charge in [0.05, 0.1) is 6.10 Å². The van der Waals surface area contributed by atoms with Gasteiger partial charge in [-0.3, -0.25) is 9.59 Å². The molecule has 0 spiro atoms. The Morgan fingerprint density at radius 1 is 1.33 bits per heavy atom. The van der Waals surface area contributed by atoms with Crippen LogP contribution in [0.25, 0.3) is 0 Å². The van der Waals surface area contributed by atoms with Crippen LogP contribution in [0.1, 0.15) is 46.5 Å². The minimum atomic E-state index is -1.60. The first kappa shape index (κ1) is 19.0. The van der Waals surface area contributed by atoms with Crippen LogP contribution in [0, 0.1) is 34.5 Å². The highest BCUT2D eigenvalue weighted by atomic mass is 16.3. The smallest absolute Gasteiger partial charge is 0.190 e. The molecule has 27 heavy (non-hydrogen) atoms. The molecule has 4 rings (SSSR count). The number of rotatable bonds is 2. The molecule has 0 radical (unpaired) electrons. The average molecular weight is 374 g/mol. The summed E-state index contributed by atoms with van der Waals surface area (Å²) in [6, 6.07) is 0. The van der Waals surface area contributed by atoms with Gasteiger partial charge in [-0.1, -0.05) is 32.4 Å². The Labute approximate surface area is 160 Å². The van der Waals surface area contributed by atoms with Gasteiger partial charge in [-0.15, -0.1) is 0 Å². The SMILES string of the molecule is C[C@@H]1C[C@H]2[C@@H]3CCC4=CC(=O)C=C[C@]4(C)[C@H]3C(O)C[C@]2(C)[C@@]1(O)C(=O)CO. The molecule has 0 aromatic carbocycles. The van der Waals surface area contributed by atoms with E-state index in [2.05, 4.69) is 6.92 Å². The van der Waals surface area contributed by atoms with Crippen molar-refractivity contribution in [2.75, 3.05) is 6.61 Å². The molecular weight excluding hydrogens is 344 g/mol. The van der Waals surface area contributed by atoms with Crippen LogP contribution in [0.4, 0.5) is 0 Å². The number of fused-ring (bicyclic) bond motifs is 5. The lowest BCUT2D eigenvalue weighted by Crippen LogP contribution is -2.62. The predicted octanol–water partition coefficient (Wildman–Crippen LogP) is 1.80. The summed E-state index contributed by atoms with van der Waals surface area (Å²) in [6.45, 7) is 5.23. The number of Topliss-reactive ketones (excluding diaryl/α,β-unsaturated/α-hetero) is 1. The summed E-state index contributed by atoms with van der Waals surface area (Å²) in [6.07, 6.45) is 7.30. The van der Waals surface area contributed by atoms with Crippen LogP contribution in [0.15, 0.2) is 23.8 Å². The van der Waals surface area contributed by atoms with Crippen molar-refractivity contribution < 1.29 is 24.9 Å². The van der Waals surface area contributed by atoms with E-state index in [-0.39, 0.29) is 34.9 Å². The zero-order chi connectivity index (χ0) is 19.8. The number of allylic oxidation sites excluding steroid dienone is 4. The predicted molar refractivity (Wildman–Crippen MR) is 99.6 cm³/mol. The topological polar surface area (TPSA) is 94.8 Å². The van der Waals surface area contributed by atoms with Gasteiger partial charge >= 0.3 is 0 Å². The minimum Gasteiger partial charge on any atom is -0.393 e. The van der Waals surface area contributed by atoms with Crippen molar-refractivity contribution in [2.24, 2.45) is 34.5 Å². The standard InChI is InChI=1S/C22H30O5/c1-12-8-16-15-5-4-13-9-14(24)6-7-20(13,2)19(15)17(25)10-21(16,3)22(12,27)18(26)11-23/h6-7,9,12,15-17,19,23,25,27H,4-5,8,10-11H2,1-3H3/t12-,15+,16+,17?,19-,20+,21+,22+/m1/s1. The quantitative estimate of drug-likeness (QED) is 0.685. The van der Waals surface area contributed by atoms with Crippen molar-refractivity contribution in [3.63, 3.8) is 0 Å². The molecule has 8 atom stereocenters. The van der Waals surface area contributed by atoms with Crippen LogP contribution in [0.3, 0.4) is 0 Å². The van der Waals surface area contributed by atoms with Gasteiger partial charge in [0, 0.05) is 16.7 Å². The van der Waals surface area contributed by atoms with Crippen molar-refractivity contribution in [2.45, 2.75) is 58.2 Å². The molecule has 3 saturated carbocycles. The summed E-state index contributed by atoms with van der Waals surface area (Å²) in [5.74, 6) is -0.539. The number of carbonyl (C=O) groups is 2. The Hall–Kier alpha value is -1.30. The fraction of sp³-hybridized carbons (Fsp3) is 0.727. The highest BCUT2D eigenvalue weighted by Gasteiger charge is 2.70. The first-order valence-electron chi connectivity index (χ1n) is 10.1. The molecule has 148 valence electrons. The minimum absolute atomic E-state index is 0.00784. The summed E-state index contributed by atoms with van der Waals surface area (Å²) in [4.78, 5) is 24.4. The summed E-state index contributed by atoms with van der Waals surface area (Å²) < 4.78 is 0. The molecule has 3 fully saturated rings. The number of ketones is 2. The monoisotopic (exact) mass is 374 g/mol. The van der Waals surface area contributed by atoms with Crippen molar-refractivity contribution in [1.29, 1.82) is 0 Å². The average Bonchev–Trinajstić information content (AvgIpc) is 2.82. The third-order valence-corrected chi connectivity index (χ3v) is 8.65. The Bertz CT molecular complexity index is 754. The third-order valence-electron chi connectivity index (χ3n) is 8.65. The van der Waals surface area contributed by atoms with E-state index in [4.69, 9.17) is 0 Å². The maximum absolute atomic E-state index is 12.6. The zero-order valence-corrected chi connectivity index (χ0v) is 16.3. The van der Waals surface area contributed by atoms with Crippen LogP contribution in [-0.2, 0) is 9.59 Å². The molecule has 0 amide bonds. The van der Waals surface area contributed by atoms with Gasteiger partial charge in [0.25, 0.3) is 0 Å². The van der Waals surface area contributed by atoms with Gasteiger partial charge in [-0.05, 0) is 55.6 Å². The molecule has 3 N–H and O–H groups in total. The van der Waals surface area contributed by atoms with Crippen molar-refractivity contribution in [3.8, 4) is 0 Å². The van der Waals surface area contributed by atoms with Crippen LogP contribution >= 0.6 is 0 Å². The van der Waals surface area contributed by atoms with Crippen LogP contribution in [0.2, 0.25) is 0 Å². The third kappa shape index (κ3) is 2.22. The van der Waals surface area contributed by atoms with Crippen LogP contribution in [0.5, 0.6) is 0 Å². The van der Waals surface area contributed by atoms with E-state index in [0.717, 1.165) is 18.4 Å². The molecule has 0 saturated heterocycles. The largest absolute Gasteiger partial charge is 0.393 e. The normalized spacial score (nSPS) is 51.3. The van der Waals surface area contributed by atoms with Crippen LogP contribution < -0.4 is 0 Å². The van der Waals surface area contributed by atoms with Crippen molar-refractivity contribution >= 4 is 11.6 Å². The molecule has 1 unspecified atom stereocenters. The summed E-state index contributed by atoms with van der Waals surface area (Å²) >= 11 is 0. The van der Waals surface area contributed by atoms with Crippen molar-refractivity contribution in [1.82, 2.24) is 0 Å². The molecule has 4 aliphatic carbocycles. The van der Waals surface area contributed by atoms with E-state index in [9.17, 15) is 24.9 Å². The Morgan fingerprint density at radius 2 is 2.04 bits per heavy atom. The lowest BCUT2D eigenvalue weighted by molar-refractivity contribution is -0.183. The van der Waals surface area contributed by atoms with Gasteiger partial charge in [0.1, 0.15) is 12.2 Å². The first-order chi connectivity index (χ1) is 12.6. The van der Waals surface area contributed by atoms with E-state index in [1.54, 1.807) is 12.2 Å². The second kappa shape index (κ2) is 5.85. The van der Waals surface area contributed by atoms with Gasteiger partial charge in [0.15, 0.2) is 11.6 Å². The highest BCUT2D eigenvalue weighted by Crippen LogP contribution is 2.68.